The van der Waals surface area contributed by atoms with Gasteiger partial charge in [0.1, 0.15) is 12.4 Å². The van der Waals surface area contributed by atoms with Crippen LogP contribution in [0.3, 0.4) is 0 Å². The van der Waals surface area contributed by atoms with Crippen LogP contribution < -0.4 is 4.74 Å². The fourth-order valence-electron chi connectivity index (χ4n) is 2.61. The lowest BCUT2D eigenvalue weighted by Crippen LogP contribution is -2.08. The topological polar surface area (TPSA) is 82.4 Å². The third-order valence-corrected chi connectivity index (χ3v) is 6.59. The largest absolute Gasteiger partial charge is 0.490 e. The lowest BCUT2D eigenvalue weighted by atomic mass is 10.2. The minimum absolute atomic E-state index is 0.0879. The second-order valence-corrected chi connectivity index (χ2v) is 9.42. The summed E-state index contributed by atoms with van der Waals surface area (Å²) >= 11 is 0. The van der Waals surface area contributed by atoms with Gasteiger partial charge in [0.15, 0.2) is 0 Å². The van der Waals surface area contributed by atoms with Gasteiger partial charge in [-0.1, -0.05) is 30.9 Å². The Hall–Kier alpha value is -2.58. The van der Waals surface area contributed by atoms with Gasteiger partial charge in [-0.05, 0) is 30.3 Å². The van der Waals surface area contributed by atoms with Gasteiger partial charge in [-0.3, -0.25) is 0 Å². The Labute approximate surface area is 152 Å². The molecule has 0 radical (unpaired) electrons. The molecule has 0 amide bonds. The van der Waals surface area contributed by atoms with E-state index in [-0.39, 0.29) is 27.3 Å². The van der Waals surface area contributed by atoms with Crippen molar-refractivity contribution in [1.82, 2.24) is 3.97 Å². The van der Waals surface area contributed by atoms with Gasteiger partial charge in [0.25, 0.3) is 0 Å². The molecule has 26 heavy (non-hydrogen) atoms. The van der Waals surface area contributed by atoms with E-state index in [1.54, 1.807) is 30.3 Å². The maximum atomic E-state index is 13.0. The van der Waals surface area contributed by atoms with E-state index in [0.717, 1.165) is 16.4 Å². The molecule has 2 aromatic carbocycles. The summed E-state index contributed by atoms with van der Waals surface area (Å²) in [6.45, 7) is 3.82. The Bertz CT molecular complexity index is 1180. The molecule has 0 aliphatic rings. The second-order valence-electron chi connectivity index (χ2n) is 5.65. The SMILES string of the molecule is C=CCOc1ccc2c(c1)c(S(=O)(=O)c1ccccc1)cn2S(C)(=O)=O. The van der Waals surface area contributed by atoms with Crippen LogP contribution in [0.5, 0.6) is 5.75 Å². The number of sulfone groups is 1. The highest BCUT2D eigenvalue weighted by Gasteiger charge is 2.26. The highest BCUT2D eigenvalue weighted by atomic mass is 32.2. The molecule has 0 N–H and O–H groups in total. The normalized spacial score (nSPS) is 12.2. The summed E-state index contributed by atoms with van der Waals surface area (Å²) in [5.74, 6) is 0.424. The number of ether oxygens (including phenoxy) is 1. The zero-order valence-corrected chi connectivity index (χ0v) is 15.6. The van der Waals surface area contributed by atoms with Crippen LogP contribution in [0.15, 0.2) is 77.2 Å². The van der Waals surface area contributed by atoms with Crippen LogP contribution in [-0.4, -0.2) is 33.7 Å². The van der Waals surface area contributed by atoms with Crippen molar-refractivity contribution in [2.45, 2.75) is 9.79 Å². The molecule has 3 rings (SSSR count). The highest BCUT2D eigenvalue weighted by molar-refractivity contribution is 7.92. The average Bonchev–Trinajstić information content (AvgIpc) is 3.00. The molecule has 136 valence electrons. The molecular formula is C18H17NO5S2. The predicted molar refractivity (Wildman–Crippen MR) is 99.8 cm³/mol. The van der Waals surface area contributed by atoms with E-state index in [4.69, 9.17) is 4.74 Å². The summed E-state index contributed by atoms with van der Waals surface area (Å²) in [6.07, 6.45) is 3.72. The third kappa shape index (κ3) is 3.25. The van der Waals surface area contributed by atoms with Gasteiger partial charge in [-0.2, -0.15) is 0 Å². The van der Waals surface area contributed by atoms with Crippen molar-refractivity contribution in [3.05, 3.63) is 67.4 Å². The van der Waals surface area contributed by atoms with E-state index < -0.39 is 19.9 Å². The number of benzene rings is 2. The van der Waals surface area contributed by atoms with E-state index in [1.165, 1.54) is 24.3 Å². The molecule has 3 aromatic rings. The van der Waals surface area contributed by atoms with Crippen LogP contribution in [0.1, 0.15) is 0 Å². The Balaban J connectivity index is 2.32. The summed E-state index contributed by atoms with van der Waals surface area (Å²) in [6, 6.07) is 12.5. The summed E-state index contributed by atoms with van der Waals surface area (Å²) in [5, 5.41) is 0.279. The van der Waals surface area contributed by atoms with E-state index in [9.17, 15) is 16.8 Å². The summed E-state index contributed by atoms with van der Waals surface area (Å²) in [7, 11) is -7.59. The predicted octanol–water partition coefficient (Wildman–Crippen LogP) is 2.85. The van der Waals surface area contributed by atoms with Gasteiger partial charge in [0.2, 0.25) is 19.9 Å². The molecule has 6 nitrogen and oxygen atoms in total. The van der Waals surface area contributed by atoms with Crippen molar-refractivity contribution < 1.29 is 21.6 Å². The lowest BCUT2D eigenvalue weighted by Gasteiger charge is -2.06. The smallest absolute Gasteiger partial charge is 0.236 e. The number of aromatic nitrogens is 1. The Morgan fingerprint density at radius 1 is 1.08 bits per heavy atom. The standard InChI is InChI=1S/C18H17NO5S2/c1-3-11-24-14-9-10-17-16(12-14)18(13-19(17)25(2,20)21)26(22,23)15-7-5-4-6-8-15/h3-10,12-13H,1,11H2,2H3. The molecule has 1 aromatic heterocycles. The van der Waals surface area contributed by atoms with Crippen molar-refractivity contribution in [3.8, 4) is 5.75 Å². The summed E-state index contributed by atoms with van der Waals surface area (Å²) < 4.78 is 56.7. The lowest BCUT2D eigenvalue weighted by molar-refractivity contribution is 0.364. The molecular weight excluding hydrogens is 374 g/mol. The zero-order chi connectivity index (χ0) is 18.9. The third-order valence-electron chi connectivity index (χ3n) is 3.77. The summed E-state index contributed by atoms with van der Waals surface area (Å²) in [5.41, 5.74) is 0.271. The van der Waals surface area contributed by atoms with Crippen molar-refractivity contribution in [1.29, 1.82) is 0 Å². The van der Waals surface area contributed by atoms with Crippen LogP contribution in [0.4, 0.5) is 0 Å². The van der Waals surface area contributed by atoms with Crippen LogP contribution in [0.2, 0.25) is 0 Å². The first-order chi connectivity index (χ1) is 12.2. The first-order valence-electron chi connectivity index (χ1n) is 7.64. The number of hydrogen-bond donors (Lipinski definition) is 0. The molecule has 0 fully saturated rings. The van der Waals surface area contributed by atoms with E-state index in [2.05, 4.69) is 6.58 Å². The Morgan fingerprint density at radius 3 is 2.38 bits per heavy atom. The van der Waals surface area contributed by atoms with Crippen LogP contribution in [-0.2, 0) is 19.9 Å². The number of nitrogens with zero attached hydrogens (tertiary/aromatic N) is 1. The zero-order valence-electron chi connectivity index (χ0n) is 14.0. The summed E-state index contributed by atoms with van der Waals surface area (Å²) in [4.78, 5) is -0.00172. The first kappa shape index (κ1) is 18.2. The molecule has 0 aliphatic carbocycles. The van der Waals surface area contributed by atoms with E-state index in [1.807, 2.05) is 0 Å². The molecule has 0 saturated carbocycles. The average molecular weight is 391 g/mol. The van der Waals surface area contributed by atoms with Gasteiger partial charge < -0.3 is 4.74 Å². The van der Waals surface area contributed by atoms with Crippen LogP contribution >= 0.6 is 0 Å². The Kier molecular flexibility index (Phi) is 4.64. The molecule has 1 heterocycles. The number of hydrogen-bond acceptors (Lipinski definition) is 5. The van der Waals surface area contributed by atoms with Gasteiger partial charge in [0, 0.05) is 11.6 Å². The van der Waals surface area contributed by atoms with Crippen molar-refractivity contribution in [3.63, 3.8) is 0 Å². The molecule has 0 aliphatic heterocycles. The molecule has 0 unspecified atom stereocenters. The molecule has 0 bridgehead atoms. The van der Waals surface area contributed by atoms with Crippen LogP contribution in [0, 0.1) is 0 Å². The van der Waals surface area contributed by atoms with E-state index in [0.29, 0.717) is 5.75 Å². The molecule has 0 spiro atoms. The van der Waals surface area contributed by atoms with Crippen molar-refractivity contribution in [2.75, 3.05) is 12.9 Å². The quantitative estimate of drug-likeness (QED) is 0.604. The van der Waals surface area contributed by atoms with Gasteiger partial charge in [-0.25, -0.2) is 20.8 Å². The highest BCUT2D eigenvalue weighted by Crippen LogP contribution is 2.33. The monoisotopic (exact) mass is 391 g/mol. The fraction of sp³-hybridized carbons (Fsp3) is 0.111. The van der Waals surface area contributed by atoms with Crippen molar-refractivity contribution >= 4 is 30.8 Å². The van der Waals surface area contributed by atoms with Gasteiger partial charge in [-0.15, -0.1) is 0 Å². The maximum absolute atomic E-state index is 13.0. The fourth-order valence-corrected chi connectivity index (χ4v) is 4.96. The van der Waals surface area contributed by atoms with E-state index >= 15 is 0 Å². The van der Waals surface area contributed by atoms with Gasteiger partial charge in [0.05, 0.1) is 21.6 Å². The molecule has 0 atom stereocenters. The van der Waals surface area contributed by atoms with Crippen molar-refractivity contribution in [2.24, 2.45) is 0 Å². The second kappa shape index (κ2) is 6.62. The Morgan fingerprint density at radius 2 is 1.77 bits per heavy atom. The molecule has 8 heteroatoms. The van der Waals surface area contributed by atoms with Gasteiger partial charge >= 0.3 is 0 Å². The number of rotatable bonds is 6. The first-order valence-corrected chi connectivity index (χ1v) is 11.0. The number of fused-ring (bicyclic) bond motifs is 1. The minimum Gasteiger partial charge on any atom is -0.490 e. The van der Waals surface area contributed by atoms with Crippen LogP contribution in [0.25, 0.3) is 10.9 Å². The minimum atomic E-state index is -3.90. The molecule has 0 saturated heterocycles. The maximum Gasteiger partial charge on any atom is 0.236 e.